The first-order valence-corrected chi connectivity index (χ1v) is 14.1. The highest BCUT2D eigenvalue weighted by atomic mass is 32.2. The third-order valence-electron chi connectivity index (χ3n) is 6.12. The van der Waals surface area contributed by atoms with Gasteiger partial charge in [0.25, 0.3) is 0 Å². The lowest BCUT2D eigenvalue weighted by Gasteiger charge is -2.14. The number of ether oxygens (including phenoxy) is 1. The third-order valence-corrected chi connectivity index (χ3v) is 7.17. The molecule has 2 aromatic heterocycles. The summed E-state index contributed by atoms with van der Waals surface area (Å²) in [6, 6.07) is 23.1. The van der Waals surface area contributed by atoms with Crippen molar-refractivity contribution < 1.29 is 8.95 Å². The van der Waals surface area contributed by atoms with Crippen LogP contribution < -0.4 is 20.5 Å². The standard InChI is InChI=1S/C29H30N6O2S/c1-3-37-23-13-11-20(12-14-23)26-19-33-29(34-22-7-6-8-24(17-22)38(2,30)36)35-28(26)31-16-15-21-18-32-27-10-5-4-9-25(21)27/h4-14,17-19,32H,2-3,15-16H2,1H3,(H2,30,36)(H2,31,33,34,35). The summed E-state index contributed by atoms with van der Waals surface area (Å²) in [5, 5.41) is 13.6. The molecule has 0 saturated carbocycles. The fourth-order valence-electron chi connectivity index (χ4n) is 4.26. The number of rotatable bonds is 10. The van der Waals surface area contributed by atoms with E-state index in [1.54, 1.807) is 24.4 Å². The molecule has 5 N–H and O–H groups in total. The summed E-state index contributed by atoms with van der Waals surface area (Å²) in [5.41, 5.74) is 4.86. The predicted octanol–water partition coefficient (Wildman–Crippen LogP) is 5.37. The van der Waals surface area contributed by atoms with Crippen molar-refractivity contribution in [2.24, 2.45) is 5.14 Å². The van der Waals surface area contributed by atoms with E-state index in [0.29, 0.717) is 35.5 Å². The number of nitrogens with two attached hydrogens (primary N) is 1. The normalized spacial score (nSPS) is 12.7. The van der Waals surface area contributed by atoms with Gasteiger partial charge in [0.2, 0.25) is 5.95 Å². The summed E-state index contributed by atoms with van der Waals surface area (Å²) in [6.07, 6.45) is 4.66. The molecule has 0 radical (unpaired) electrons. The Morgan fingerprint density at radius 1 is 1.08 bits per heavy atom. The third kappa shape index (κ3) is 5.80. The molecule has 0 amide bonds. The monoisotopic (exact) mass is 526 g/mol. The van der Waals surface area contributed by atoms with E-state index in [4.69, 9.17) is 14.9 Å². The van der Waals surface area contributed by atoms with Gasteiger partial charge in [-0.2, -0.15) is 4.98 Å². The Balaban J connectivity index is 1.42. The number of para-hydroxylation sites is 1. The van der Waals surface area contributed by atoms with E-state index in [9.17, 15) is 4.21 Å². The molecule has 9 heteroatoms. The van der Waals surface area contributed by atoms with Gasteiger partial charge in [0.1, 0.15) is 11.6 Å². The lowest BCUT2D eigenvalue weighted by atomic mass is 10.1. The number of aromatic nitrogens is 3. The molecule has 1 unspecified atom stereocenters. The van der Waals surface area contributed by atoms with Crippen LogP contribution in [0.4, 0.5) is 17.5 Å². The van der Waals surface area contributed by atoms with Crippen LogP contribution in [0.5, 0.6) is 5.75 Å². The molecular formula is C29H30N6O2S. The van der Waals surface area contributed by atoms with Crippen molar-refractivity contribution in [1.29, 1.82) is 0 Å². The van der Waals surface area contributed by atoms with Gasteiger partial charge in [0, 0.05) is 46.0 Å². The van der Waals surface area contributed by atoms with Crippen LogP contribution in [0.1, 0.15) is 12.5 Å². The second-order valence-corrected chi connectivity index (χ2v) is 10.8. The lowest BCUT2D eigenvalue weighted by Crippen LogP contribution is -2.12. The van der Waals surface area contributed by atoms with Gasteiger partial charge in [-0.05, 0) is 66.7 Å². The average Bonchev–Trinajstić information content (AvgIpc) is 3.32. The Kier molecular flexibility index (Phi) is 7.30. The van der Waals surface area contributed by atoms with Crippen molar-refractivity contribution in [3.63, 3.8) is 0 Å². The van der Waals surface area contributed by atoms with E-state index in [1.807, 2.05) is 49.4 Å². The zero-order valence-corrected chi connectivity index (χ0v) is 21.9. The minimum absolute atomic E-state index is 0.402. The van der Waals surface area contributed by atoms with Crippen molar-refractivity contribution in [1.82, 2.24) is 15.0 Å². The van der Waals surface area contributed by atoms with Crippen molar-refractivity contribution in [3.8, 4) is 16.9 Å². The molecule has 5 rings (SSSR count). The van der Waals surface area contributed by atoms with Gasteiger partial charge >= 0.3 is 0 Å². The summed E-state index contributed by atoms with van der Waals surface area (Å²) in [7, 11) is -2.83. The number of nitrogens with one attached hydrogen (secondary N) is 3. The number of anilines is 3. The van der Waals surface area contributed by atoms with Crippen molar-refractivity contribution in [2.75, 3.05) is 23.8 Å². The fraction of sp³-hybridized carbons (Fsp3) is 0.138. The van der Waals surface area contributed by atoms with Gasteiger partial charge in [-0.3, -0.25) is 5.14 Å². The number of hydrogen-bond acceptors (Lipinski definition) is 6. The molecule has 0 aliphatic rings. The Labute approximate surface area is 222 Å². The summed E-state index contributed by atoms with van der Waals surface area (Å²) >= 11 is 0. The SMILES string of the molecule is C=S(N)(=O)c1cccc(Nc2ncc(-c3ccc(OCC)cc3)c(NCCc3c[nH]c4ccccc34)n2)c1. The topological polar surface area (TPSA) is 118 Å². The molecule has 0 saturated heterocycles. The van der Waals surface area contributed by atoms with Crippen molar-refractivity contribution in [2.45, 2.75) is 18.2 Å². The van der Waals surface area contributed by atoms with Crippen LogP contribution >= 0.6 is 0 Å². The molecule has 38 heavy (non-hydrogen) atoms. The van der Waals surface area contributed by atoms with E-state index in [-0.39, 0.29) is 0 Å². The Morgan fingerprint density at radius 2 is 1.89 bits per heavy atom. The molecule has 1 atom stereocenters. The summed E-state index contributed by atoms with van der Waals surface area (Å²) < 4.78 is 17.8. The van der Waals surface area contributed by atoms with Crippen LogP contribution in [0.25, 0.3) is 22.0 Å². The Hall–Kier alpha value is -4.34. The molecular weight excluding hydrogens is 496 g/mol. The summed E-state index contributed by atoms with van der Waals surface area (Å²) in [5.74, 6) is 5.47. The van der Waals surface area contributed by atoms with E-state index in [1.165, 1.54) is 10.9 Å². The average molecular weight is 527 g/mol. The lowest BCUT2D eigenvalue weighted by molar-refractivity contribution is 0.340. The number of H-pyrrole nitrogens is 1. The van der Waals surface area contributed by atoms with E-state index < -0.39 is 9.71 Å². The number of fused-ring (bicyclic) bond motifs is 1. The number of aromatic amines is 1. The van der Waals surface area contributed by atoms with Crippen LogP contribution in [-0.2, 0) is 16.1 Å². The zero-order chi connectivity index (χ0) is 26.5. The fourth-order valence-corrected chi connectivity index (χ4v) is 4.89. The highest BCUT2D eigenvalue weighted by Crippen LogP contribution is 2.29. The quantitative estimate of drug-likeness (QED) is 0.182. The molecule has 194 valence electrons. The number of hydrogen-bond donors (Lipinski definition) is 4. The number of benzene rings is 3. The molecule has 0 aliphatic carbocycles. The maximum Gasteiger partial charge on any atom is 0.229 e. The van der Waals surface area contributed by atoms with E-state index in [0.717, 1.165) is 28.8 Å². The van der Waals surface area contributed by atoms with Crippen LogP contribution in [0, 0.1) is 0 Å². The van der Waals surface area contributed by atoms with E-state index in [2.05, 4.69) is 44.8 Å². The predicted molar refractivity (Wildman–Crippen MR) is 157 cm³/mol. The summed E-state index contributed by atoms with van der Waals surface area (Å²) in [4.78, 5) is 13.1. The van der Waals surface area contributed by atoms with Gasteiger partial charge in [-0.15, -0.1) is 0 Å². The van der Waals surface area contributed by atoms with Crippen LogP contribution in [-0.4, -0.2) is 38.2 Å². The highest BCUT2D eigenvalue weighted by molar-refractivity contribution is 7.98. The van der Waals surface area contributed by atoms with Crippen LogP contribution in [0.2, 0.25) is 0 Å². The molecule has 2 heterocycles. The van der Waals surface area contributed by atoms with Gasteiger partial charge < -0.3 is 20.4 Å². The van der Waals surface area contributed by atoms with Gasteiger partial charge in [-0.1, -0.05) is 36.4 Å². The number of nitrogens with zero attached hydrogens (tertiary/aromatic N) is 2. The first-order chi connectivity index (χ1) is 18.4. The van der Waals surface area contributed by atoms with Crippen LogP contribution in [0.3, 0.4) is 0 Å². The van der Waals surface area contributed by atoms with Gasteiger partial charge in [0.15, 0.2) is 0 Å². The first-order valence-electron chi connectivity index (χ1n) is 12.3. The molecule has 0 fully saturated rings. The molecule has 0 aliphatic heterocycles. The largest absolute Gasteiger partial charge is 0.494 e. The minimum atomic E-state index is -2.83. The molecule has 3 aromatic carbocycles. The Bertz CT molecular complexity index is 1660. The van der Waals surface area contributed by atoms with Crippen LogP contribution in [0.15, 0.2) is 90.1 Å². The maximum atomic E-state index is 12.2. The molecule has 0 spiro atoms. The van der Waals surface area contributed by atoms with Gasteiger partial charge in [0.05, 0.1) is 16.3 Å². The maximum absolute atomic E-state index is 12.2. The second kappa shape index (κ2) is 11.0. The molecule has 8 nitrogen and oxygen atoms in total. The smallest absolute Gasteiger partial charge is 0.229 e. The van der Waals surface area contributed by atoms with Crippen molar-refractivity contribution >= 4 is 43.9 Å². The van der Waals surface area contributed by atoms with Crippen molar-refractivity contribution in [3.05, 3.63) is 90.8 Å². The first kappa shape index (κ1) is 25.3. The van der Waals surface area contributed by atoms with E-state index >= 15 is 0 Å². The van der Waals surface area contributed by atoms with Gasteiger partial charge in [-0.25, -0.2) is 9.19 Å². The minimum Gasteiger partial charge on any atom is -0.494 e. The second-order valence-electron chi connectivity index (χ2n) is 8.83. The zero-order valence-electron chi connectivity index (χ0n) is 21.1. The highest BCUT2D eigenvalue weighted by Gasteiger charge is 2.12. The Morgan fingerprint density at radius 3 is 2.68 bits per heavy atom. The summed E-state index contributed by atoms with van der Waals surface area (Å²) in [6.45, 7) is 3.24. The molecule has 0 bridgehead atoms. The molecule has 5 aromatic rings.